The number of carbonyl (C=O) groups excluding carboxylic acids is 1. The van der Waals surface area contributed by atoms with Crippen molar-refractivity contribution in [2.24, 2.45) is 13.0 Å². The fourth-order valence-electron chi connectivity index (χ4n) is 1.96. The highest BCUT2D eigenvalue weighted by Crippen LogP contribution is 2.25. The highest BCUT2D eigenvalue weighted by Gasteiger charge is 2.30. The summed E-state index contributed by atoms with van der Waals surface area (Å²) in [7, 11) is 1.86. The largest absolute Gasteiger partial charge is 0.296 e. The molecular weight excluding hydrogens is 190 g/mol. The van der Waals surface area contributed by atoms with Gasteiger partial charge in [0.05, 0.1) is 5.69 Å². The van der Waals surface area contributed by atoms with Crippen LogP contribution in [0, 0.1) is 12.8 Å². The molecule has 80 valence electrons. The highest BCUT2D eigenvalue weighted by molar-refractivity contribution is 5.95. The molecule has 0 aliphatic carbocycles. The summed E-state index contributed by atoms with van der Waals surface area (Å²) in [6, 6.07) is 1.93. The zero-order valence-corrected chi connectivity index (χ0v) is 9.10. The third-order valence-electron chi connectivity index (χ3n) is 2.74. The van der Waals surface area contributed by atoms with E-state index in [9.17, 15) is 4.79 Å². The summed E-state index contributed by atoms with van der Waals surface area (Å²) in [5, 5.41) is 4.24. The van der Waals surface area contributed by atoms with Crippen LogP contribution in [0.3, 0.4) is 0 Å². The van der Waals surface area contributed by atoms with Gasteiger partial charge in [0, 0.05) is 32.0 Å². The van der Waals surface area contributed by atoms with Crippen molar-refractivity contribution in [2.75, 3.05) is 11.4 Å². The van der Waals surface area contributed by atoms with Gasteiger partial charge < -0.3 is 0 Å². The van der Waals surface area contributed by atoms with Crippen molar-refractivity contribution in [3.05, 3.63) is 24.4 Å². The van der Waals surface area contributed by atoms with Crippen LogP contribution in [0.15, 0.2) is 18.7 Å². The van der Waals surface area contributed by atoms with Gasteiger partial charge in [0.1, 0.15) is 5.82 Å². The van der Waals surface area contributed by atoms with Gasteiger partial charge in [-0.15, -0.1) is 6.58 Å². The van der Waals surface area contributed by atoms with Crippen molar-refractivity contribution < 1.29 is 4.79 Å². The van der Waals surface area contributed by atoms with Gasteiger partial charge in [0.2, 0.25) is 5.91 Å². The molecule has 2 rings (SSSR count). The molecule has 1 atom stereocenters. The van der Waals surface area contributed by atoms with Crippen LogP contribution in [0.5, 0.6) is 0 Å². The Bertz CT molecular complexity index is 408. The van der Waals surface area contributed by atoms with E-state index in [-0.39, 0.29) is 11.8 Å². The first-order chi connectivity index (χ1) is 7.11. The van der Waals surface area contributed by atoms with Gasteiger partial charge in [-0.1, -0.05) is 6.08 Å². The van der Waals surface area contributed by atoms with Crippen LogP contribution in [0.4, 0.5) is 5.82 Å². The van der Waals surface area contributed by atoms with Crippen molar-refractivity contribution in [1.29, 1.82) is 0 Å². The SMILES string of the molecule is C=CC1CC(=O)N(c2cc(C)nn2C)C1. The Morgan fingerprint density at radius 2 is 2.40 bits per heavy atom. The van der Waals surface area contributed by atoms with Crippen LogP contribution >= 0.6 is 0 Å². The Kier molecular flexibility index (Phi) is 2.34. The minimum Gasteiger partial charge on any atom is -0.296 e. The molecule has 1 unspecified atom stereocenters. The molecule has 0 saturated carbocycles. The van der Waals surface area contributed by atoms with Crippen LogP contribution in [-0.4, -0.2) is 22.2 Å². The summed E-state index contributed by atoms with van der Waals surface area (Å²) >= 11 is 0. The molecule has 0 bridgehead atoms. The molecule has 0 spiro atoms. The van der Waals surface area contributed by atoms with Crippen LogP contribution < -0.4 is 4.90 Å². The van der Waals surface area contributed by atoms with E-state index in [1.165, 1.54) is 0 Å². The summed E-state index contributed by atoms with van der Waals surface area (Å²) < 4.78 is 1.75. The lowest BCUT2D eigenvalue weighted by molar-refractivity contribution is -0.117. The van der Waals surface area contributed by atoms with Gasteiger partial charge in [-0.2, -0.15) is 5.10 Å². The molecule has 1 fully saturated rings. The number of anilines is 1. The third-order valence-corrected chi connectivity index (χ3v) is 2.74. The minimum absolute atomic E-state index is 0.155. The fraction of sp³-hybridized carbons (Fsp3) is 0.455. The van der Waals surface area contributed by atoms with E-state index in [1.807, 2.05) is 26.1 Å². The Hall–Kier alpha value is -1.58. The fourth-order valence-corrected chi connectivity index (χ4v) is 1.96. The van der Waals surface area contributed by atoms with E-state index in [4.69, 9.17) is 0 Å². The van der Waals surface area contributed by atoms with Crippen LogP contribution in [0.2, 0.25) is 0 Å². The zero-order valence-electron chi connectivity index (χ0n) is 9.10. The molecule has 0 N–H and O–H groups in total. The van der Waals surface area contributed by atoms with Crippen LogP contribution in [-0.2, 0) is 11.8 Å². The van der Waals surface area contributed by atoms with Crippen molar-refractivity contribution in [1.82, 2.24) is 9.78 Å². The average molecular weight is 205 g/mol. The first kappa shape index (κ1) is 9.96. The summed E-state index contributed by atoms with van der Waals surface area (Å²) in [5.74, 6) is 1.30. The van der Waals surface area contributed by atoms with Gasteiger partial charge in [0.25, 0.3) is 0 Å². The molecular formula is C11H15N3O. The summed E-state index contributed by atoms with van der Waals surface area (Å²) in [6.45, 7) is 6.38. The van der Waals surface area contributed by atoms with Gasteiger partial charge in [0.15, 0.2) is 0 Å². The molecule has 2 heterocycles. The van der Waals surface area contributed by atoms with Crippen molar-refractivity contribution >= 4 is 11.7 Å². The van der Waals surface area contributed by atoms with Crippen molar-refractivity contribution in [2.45, 2.75) is 13.3 Å². The lowest BCUT2D eigenvalue weighted by Gasteiger charge is -2.15. The number of amides is 1. The molecule has 1 aromatic heterocycles. The first-order valence-corrected chi connectivity index (χ1v) is 5.05. The Balaban J connectivity index is 2.28. The first-order valence-electron chi connectivity index (χ1n) is 5.05. The lowest BCUT2D eigenvalue weighted by atomic mass is 10.1. The molecule has 4 heteroatoms. The number of hydrogen-bond donors (Lipinski definition) is 0. The van der Waals surface area contributed by atoms with E-state index >= 15 is 0 Å². The second kappa shape index (κ2) is 3.53. The topological polar surface area (TPSA) is 38.1 Å². The Morgan fingerprint density at radius 3 is 2.87 bits per heavy atom. The predicted octanol–water partition coefficient (Wildman–Crippen LogP) is 1.27. The maximum atomic E-state index is 11.7. The van der Waals surface area contributed by atoms with Gasteiger partial charge in [-0.3, -0.25) is 14.4 Å². The Morgan fingerprint density at radius 1 is 1.67 bits per heavy atom. The van der Waals surface area contributed by atoms with E-state index in [2.05, 4.69) is 11.7 Å². The van der Waals surface area contributed by atoms with E-state index in [0.717, 1.165) is 18.1 Å². The number of aryl methyl sites for hydroxylation is 2. The third kappa shape index (κ3) is 1.67. The van der Waals surface area contributed by atoms with Gasteiger partial charge >= 0.3 is 0 Å². The maximum Gasteiger partial charge on any atom is 0.228 e. The number of nitrogens with zero attached hydrogens (tertiary/aromatic N) is 3. The van der Waals surface area contributed by atoms with Crippen LogP contribution in [0.25, 0.3) is 0 Å². The lowest BCUT2D eigenvalue weighted by Crippen LogP contribution is -2.26. The number of hydrogen-bond acceptors (Lipinski definition) is 2. The monoisotopic (exact) mass is 205 g/mol. The summed E-state index contributed by atoms with van der Waals surface area (Å²) in [4.78, 5) is 13.5. The minimum atomic E-state index is 0.155. The van der Waals surface area contributed by atoms with E-state index < -0.39 is 0 Å². The van der Waals surface area contributed by atoms with E-state index in [1.54, 1.807) is 9.58 Å². The molecule has 1 amide bonds. The second-order valence-corrected chi connectivity index (χ2v) is 3.97. The molecule has 1 saturated heterocycles. The Labute approximate surface area is 89.2 Å². The van der Waals surface area contributed by atoms with Crippen molar-refractivity contribution in [3.63, 3.8) is 0 Å². The van der Waals surface area contributed by atoms with Crippen LogP contribution in [0.1, 0.15) is 12.1 Å². The highest BCUT2D eigenvalue weighted by atomic mass is 16.2. The molecule has 1 aliphatic heterocycles. The molecule has 15 heavy (non-hydrogen) atoms. The quantitative estimate of drug-likeness (QED) is 0.682. The molecule has 0 aromatic carbocycles. The molecule has 0 radical (unpaired) electrons. The smallest absolute Gasteiger partial charge is 0.228 e. The molecule has 1 aromatic rings. The second-order valence-electron chi connectivity index (χ2n) is 3.97. The summed E-state index contributed by atoms with van der Waals surface area (Å²) in [6.07, 6.45) is 2.41. The number of carbonyl (C=O) groups is 1. The average Bonchev–Trinajstić information content (AvgIpc) is 2.69. The zero-order chi connectivity index (χ0) is 11.0. The number of rotatable bonds is 2. The standard InChI is InChI=1S/C11H15N3O/c1-4-9-6-11(15)14(7-9)10-5-8(2)12-13(10)3/h4-5,9H,1,6-7H2,2-3H3. The molecule has 4 nitrogen and oxygen atoms in total. The summed E-state index contributed by atoms with van der Waals surface area (Å²) in [5.41, 5.74) is 0.933. The number of aromatic nitrogens is 2. The predicted molar refractivity (Wildman–Crippen MR) is 58.6 cm³/mol. The molecule has 1 aliphatic rings. The normalized spacial score (nSPS) is 21.1. The van der Waals surface area contributed by atoms with Crippen molar-refractivity contribution in [3.8, 4) is 0 Å². The van der Waals surface area contributed by atoms with Gasteiger partial charge in [-0.25, -0.2) is 0 Å². The maximum absolute atomic E-state index is 11.7. The van der Waals surface area contributed by atoms with Gasteiger partial charge in [-0.05, 0) is 6.92 Å². The van der Waals surface area contributed by atoms with E-state index in [0.29, 0.717) is 6.42 Å².